The van der Waals surface area contributed by atoms with Crippen LogP contribution in [0.4, 0.5) is 0 Å². The van der Waals surface area contributed by atoms with Crippen molar-refractivity contribution in [1.29, 1.82) is 0 Å². The predicted octanol–water partition coefficient (Wildman–Crippen LogP) is 4.20. The van der Waals surface area contributed by atoms with Crippen LogP contribution in [0.25, 0.3) is 0 Å². The van der Waals surface area contributed by atoms with Crippen LogP contribution in [0.3, 0.4) is 0 Å². The average Bonchev–Trinajstić information content (AvgIpc) is 2.89. The molecule has 0 fully saturated rings. The fraction of sp³-hybridized carbons (Fsp3) is 0.267. The van der Waals surface area contributed by atoms with Gasteiger partial charge in [-0.2, -0.15) is 0 Å². The molecule has 1 unspecified atom stereocenters. The van der Waals surface area contributed by atoms with E-state index < -0.39 is 0 Å². The zero-order valence-corrected chi connectivity index (χ0v) is 10.7. The lowest BCUT2D eigenvalue weighted by atomic mass is 9.95. The second-order valence-corrected chi connectivity index (χ2v) is 5.28. The summed E-state index contributed by atoms with van der Waals surface area (Å²) < 4.78 is 0. The van der Waals surface area contributed by atoms with Crippen molar-refractivity contribution in [1.82, 2.24) is 0 Å². The van der Waals surface area contributed by atoms with Crippen LogP contribution >= 0.6 is 11.3 Å². The zero-order valence-electron chi connectivity index (χ0n) is 9.93. The number of benzene rings is 1. The van der Waals surface area contributed by atoms with Crippen molar-refractivity contribution in [3.05, 3.63) is 58.3 Å². The normalized spacial score (nSPS) is 12.3. The molecule has 0 amide bonds. The zero-order chi connectivity index (χ0) is 12.1. The fourth-order valence-corrected chi connectivity index (χ4v) is 2.56. The van der Waals surface area contributed by atoms with Gasteiger partial charge in [-0.25, -0.2) is 0 Å². The summed E-state index contributed by atoms with van der Waals surface area (Å²) in [5, 5.41) is 2.08. The van der Waals surface area contributed by atoms with Gasteiger partial charge in [0.15, 0.2) is 5.78 Å². The summed E-state index contributed by atoms with van der Waals surface area (Å²) in [6, 6.07) is 13.7. The van der Waals surface area contributed by atoms with Gasteiger partial charge in [-0.05, 0) is 24.3 Å². The monoisotopic (exact) mass is 244 g/mol. The van der Waals surface area contributed by atoms with Crippen LogP contribution in [0, 0.1) is 5.92 Å². The number of aryl methyl sites for hydroxylation is 1. The minimum atomic E-state index is 0.0968. The van der Waals surface area contributed by atoms with Crippen LogP contribution in [0.2, 0.25) is 0 Å². The Hall–Kier alpha value is -1.41. The molecule has 2 rings (SSSR count). The van der Waals surface area contributed by atoms with Crippen molar-refractivity contribution >= 4 is 17.1 Å². The fourth-order valence-electron chi connectivity index (χ4n) is 1.83. The molecule has 17 heavy (non-hydrogen) atoms. The van der Waals surface area contributed by atoms with Crippen molar-refractivity contribution < 1.29 is 4.79 Å². The molecule has 0 aliphatic rings. The van der Waals surface area contributed by atoms with E-state index in [0.29, 0.717) is 0 Å². The molecule has 1 atom stereocenters. The second kappa shape index (κ2) is 5.78. The van der Waals surface area contributed by atoms with Crippen LogP contribution in [-0.4, -0.2) is 5.78 Å². The van der Waals surface area contributed by atoms with Gasteiger partial charge >= 0.3 is 0 Å². The van der Waals surface area contributed by atoms with E-state index in [0.717, 1.165) is 18.4 Å². The van der Waals surface area contributed by atoms with Crippen LogP contribution in [0.5, 0.6) is 0 Å². The standard InChI is InChI=1S/C15H16OS/c1-12(9-10-14-8-5-11-17-14)15(16)13-6-3-2-4-7-13/h2-8,11-12H,9-10H2,1H3. The van der Waals surface area contributed by atoms with Crippen molar-refractivity contribution in [3.8, 4) is 0 Å². The van der Waals surface area contributed by atoms with Gasteiger partial charge in [0.2, 0.25) is 0 Å². The Balaban J connectivity index is 1.92. The SMILES string of the molecule is CC(CCc1cccs1)C(=O)c1ccccc1. The third kappa shape index (κ3) is 3.27. The molecule has 1 nitrogen and oxygen atoms in total. The largest absolute Gasteiger partial charge is 0.294 e. The number of rotatable bonds is 5. The highest BCUT2D eigenvalue weighted by atomic mass is 32.1. The minimum Gasteiger partial charge on any atom is -0.294 e. The topological polar surface area (TPSA) is 17.1 Å². The summed E-state index contributed by atoms with van der Waals surface area (Å²) in [5.74, 6) is 0.349. The minimum absolute atomic E-state index is 0.0968. The molecule has 2 aromatic rings. The van der Waals surface area contributed by atoms with Gasteiger partial charge in [0, 0.05) is 16.4 Å². The number of carbonyl (C=O) groups excluding carboxylic acids is 1. The van der Waals surface area contributed by atoms with Crippen LogP contribution in [-0.2, 0) is 6.42 Å². The van der Waals surface area contributed by atoms with Crippen molar-refractivity contribution in [3.63, 3.8) is 0 Å². The van der Waals surface area contributed by atoms with Gasteiger partial charge in [-0.3, -0.25) is 4.79 Å². The van der Waals surface area contributed by atoms with E-state index in [9.17, 15) is 4.79 Å². The van der Waals surface area contributed by atoms with Gasteiger partial charge in [0.1, 0.15) is 0 Å². The molecule has 1 heterocycles. The number of hydrogen-bond acceptors (Lipinski definition) is 2. The number of thiophene rings is 1. The molecule has 0 spiro atoms. The summed E-state index contributed by atoms with van der Waals surface area (Å²) in [6.45, 7) is 2.02. The van der Waals surface area contributed by atoms with E-state index in [1.54, 1.807) is 11.3 Å². The molecule has 0 saturated heterocycles. The van der Waals surface area contributed by atoms with Crippen molar-refractivity contribution in [2.45, 2.75) is 19.8 Å². The van der Waals surface area contributed by atoms with Gasteiger partial charge < -0.3 is 0 Å². The summed E-state index contributed by atoms with van der Waals surface area (Å²) in [6.07, 6.45) is 1.92. The molecule has 1 aromatic carbocycles. The smallest absolute Gasteiger partial charge is 0.165 e. The number of carbonyl (C=O) groups is 1. The number of hydrogen-bond donors (Lipinski definition) is 0. The van der Waals surface area contributed by atoms with E-state index >= 15 is 0 Å². The van der Waals surface area contributed by atoms with Crippen LogP contribution in [0.15, 0.2) is 47.8 Å². The Morgan fingerprint density at radius 2 is 1.94 bits per heavy atom. The van der Waals surface area contributed by atoms with Gasteiger partial charge in [-0.1, -0.05) is 43.3 Å². The summed E-state index contributed by atoms with van der Waals surface area (Å²) in [4.78, 5) is 13.5. The first kappa shape index (κ1) is 12.1. The molecule has 0 saturated carbocycles. The average molecular weight is 244 g/mol. The lowest BCUT2D eigenvalue weighted by Crippen LogP contribution is -2.11. The lowest BCUT2D eigenvalue weighted by Gasteiger charge is -2.09. The molecule has 0 N–H and O–H groups in total. The molecule has 0 aliphatic carbocycles. The number of ketones is 1. The predicted molar refractivity (Wildman–Crippen MR) is 72.6 cm³/mol. The van der Waals surface area contributed by atoms with Gasteiger partial charge in [-0.15, -0.1) is 11.3 Å². The molecule has 0 aliphatic heterocycles. The molecule has 1 aromatic heterocycles. The Labute approximate surface area is 106 Å². The van der Waals surface area contributed by atoms with E-state index in [4.69, 9.17) is 0 Å². The van der Waals surface area contributed by atoms with E-state index in [2.05, 4.69) is 17.5 Å². The first-order valence-electron chi connectivity index (χ1n) is 5.89. The Morgan fingerprint density at radius 3 is 2.59 bits per heavy atom. The highest BCUT2D eigenvalue weighted by Crippen LogP contribution is 2.17. The third-order valence-electron chi connectivity index (χ3n) is 2.91. The van der Waals surface area contributed by atoms with Gasteiger partial charge in [0.25, 0.3) is 0 Å². The maximum atomic E-state index is 12.1. The molecular weight excluding hydrogens is 228 g/mol. The molecular formula is C15H16OS. The second-order valence-electron chi connectivity index (χ2n) is 4.25. The van der Waals surface area contributed by atoms with Crippen LogP contribution in [0.1, 0.15) is 28.6 Å². The lowest BCUT2D eigenvalue weighted by molar-refractivity contribution is 0.0924. The Morgan fingerprint density at radius 1 is 1.18 bits per heavy atom. The highest BCUT2D eigenvalue weighted by molar-refractivity contribution is 7.09. The van der Waals surface area contributed by atoms with E-state index in [-0.39, 0.29) is 11.7 Å². The summed E-state index contributed by atoms with van der Waals surface area (Å²) >= 11 is 1.76. The van der Waals surface area contributed by atoms with Crippen LogP contribution < -0.4 is 0 Å². The molecule has 88 valence electrons. The summed E-state index contributed by atoms with van der Waals surface area (Å²) in [5.41, 5.74) is 0.825. The highest BCUT2D eigenvalue weighted by Gasteiger charge is 2.14. The quantitative estimate of drug-likeness (QED) is 0.720. The first-order valence-corrected chi connectivity index (χ1v) is 6.77. The van der Waals surface area contributed by atoms with Crippen molar-refractivity contribution in [2.75, 3.05) is 0 Å². The number of Topliss-reactive ketones (excluding diaryl/α,β-unsaturated/α-hetero) is 1. The first-order chi connectivity index (χ1) is 8.27. The van der Waals surface area contributed by atoms with E-state index in [1.165, 1.54) is 4.88 Å². The maximum absolute atomic E-state index is 12.1. The van der Waals surface area contributed by atoms with E-state index in [1.807, 2.05) is 37.3 Å². The molecule has 0 radical (unpaired) electrons. The Bertz CT molecular complexity index is 459. The maximum Gasteiger partial charge on any atom is 0.165 e. The third-order valence-corrected chi connectivity index (χ3v) is 3.85. The molecule has 2 heteroatoms. The summed E-state index contributed by atoms with van der Waals surface area (Å²) in [7, 11) is 0. The Kier molecular flexibility index (Phi) is 4.10. The van der Waals surface area contributed by atoms with Gasteiger partial charge in [0.05, 0.1) is 0 Å². The molecule has 0 bridgehead atoms. The van der Waals surface area contributed by atoms with Crippen molar-refractivity contribution in [2.24, 2.45) is 5.92 Å².